The van der Waals surface area contributed by atoms with E-state index in [9.17, 15) is 4.79 Å². The van der Waals surface area contributed by atoms with E-state index in [4.69, 9.17) is 26.5 Å². The van der Waals surface area contributed by atoms with Crippen LogP contribution in [0.4, 0.5) is 0 Å². The molecule has 10 heteroatoms. The molecule has 2 aliphatic rings. The van der Waals surface area contributed by atoms with E-state index in [1.165, 1.54) is 16.8 Å². The Bertz CT molecular complexity index is 1330. The van der Waals surface area contributed by atoms with E-state index in [1.807, 2.05) is 41.8 Å². The number of nitrogens with one attached hydrogen (secondary N) is 1. The SMILES string of the molecule is N=C1/C(=C/c2ccc(OCCOc3ccccc3Cl)cc2)C(=O)N=C2SC(c3cccs3)=NN12. The predicted molar refractivity (Wildman–Crippen MR) is 137 cm³/mol. The van der Waals surface area contributed by atoms with E-state index in [0.717, 1.165) is 15.5 Å². The number of carbonyl (C=O) groups is 1. The number of thiophene rings is 1. The summed E-state index contributed by atoms with van der Waals surface area (Å²) in [5.41, 5.74) is 0.933. The van der Waals surface area contributed by atoms with E-state index in [0.29, 0.717) is 34.9 Å². The fraction of sp³-hybridized carbons (Fsp3) is 0.0833. The van der Waals surface area contributed by atoms with Gasteiger partial charge >= 0.3 is 0 Å². The Labute approximate surface area is 208 Å². The number of rotatable bonds is 7. The Hall–Kier alpha value is -3.40. The maximum atomic E-state index is 12.6. The number of halogens is 1. The molecule has 3 aromatic rings. The molecule has 170 valence electrons. The lowest BCUT2D eigenvalue weighted by Gasteiger charge is -2.20. The van der Waals surface area contributed by atoms with Crippen LogP contribution in [0.2, 0.25) is 5.02 Å². The molecule has 2 aliphatic heterocycles. The average molecular weight is 509 g/mol. The number of ether oxygens (including phenoxy) is 2. The van der Waals surface area contributed by atoms with Gasteiger partial charge in [0.2, 0.25) is 5.17 Å². The topological polar surface area (TPSA) is 87.3 Å². The van der Waals surface area contributed by atoms with Crippen molar-refractivity contribution >= 4 is 62.7 Å². The highest BCUT2D eigenvalue weighted by atomic mass is 35.5. The molecule has 3 heterocycles. The number of aliphatic imine (C=N–C) groups is 1. The summed E-state index contributed by atoms with van der Waals surface area (Å²) in [5, 5.41) is 18.0. The normalized spacial score (nSPS) is 16.4. The number of amidine groups is 2. The summed E-state index contributed by atoms with van der Waals surface area (Å²) in [4.78, 5) is 17.7. The number of carbonyl (C=O) groups excluding carboxylic acids is 1. The number of fused-ring (bicyclic) bond motifs is 1. The minimum Gasteiger partial charge on any atom is -0.490 e. The van der Waals surface area contributed by atoms with Crippen molar-refractivity contribution in [3.8, 4) is 11.5 Å². The highest BCUT2D eigenvalue weighted by molar-refractivity contribution is 8.27. The smallest absolute Gasteiger partial charge is 0.283 e. The number of hydrazone groups is 1. The van der Waals surface area contributed by atoms with Gasteiger partial charge in [0.05, 0.1) is 15.5 Å². The molecule has 1 amide bonds. The standard InChI is InChI=1S/C24H17ClN4O3S2/c25-18-4-1-2-5-19(18)32-12-11-31-16-9-7-15(8-10-16)14-17-21(26)29-24(27-22(17)30)34-23(28-29)20-6-3-13-33-20/h1-10,13-14,26H,11-12H2/b17-14-,26-21?. The van der Waals surface area contributed by atoms with Crippen molar-refractivity contribution in [3.05, 3.63) is 87.1 Å². The summed E-state index contributed by atoms with van der Waals surface area (Å²) < 4.78 is 11.3. The zero-order chi connectivity index (χ0) is 23.5. The minimum absolute atomic E-state index is 0.00565. The van der Waals surface area contributed by atoms with Crippen LogP contribution in [0.25, 0.3) is 6.08 Å². The Morgan fingerprint density at radius 1 is 1.03 bits per heavy atom. The fourth-order valence-corrected chi connectivity index (χ4v) is 5.07. The first-order valence-corrected chi connectivity index (χ1v) is 12.3. The van der Waals surface area contributed by atoms with Gasteiger partial charge in [0.15, 0.2) is 5.84 Å². The average Bonchev–Trinajstić information content (AvgIpc) is 3.52. The number of amides is 1. The van der Waals surface area contributed by atoms with Gasteiger partial charge in [0.25, 0.3) is 5.91 Å². The Kier molecular flexibility index (Phi) is 6.48. The lowest BCUT2D eigenvalue weighted by atomic mass is 10.1. The Balaban J connectivity index is 1.22. The van der Waals surface area contributed by atoms with Crippen molar-refractivity contribution in [2.45, 2.75) is 0 Å². The molecule has 0 bridgehead atoms. The van der Waals surface area contributed by atoms with Crippen molar-refractivity contribution in [3.63, 3.8) is 0 Å². The van der Waals surface area contributed by atoms with E-state index in [2.05, 4.69) is 10.1 Å². The predicted octanol–water partition coefficient (Wildman–Crippen LogP) is 5.53. The van der Waals surface area contributed by atoms with Crippen molar-refractivity contribution in [2.24, 2.45) is 10.1 Å². The van der Waals surface area contributed by atoms with Gasteiger partial charge in [-0.25, -0.2) is 0 Å². The van der Waals surface area contributed by atoms with Crippen molar-refractivity contribution in [2.75, 3.05) is 13.2 Å². The third-order valence-electron chi connectivity index (χ3n) is 4.82. The summed E-state index contributed by atoms with van der Waals surface area (Å²) >= 11 is 8.91. The van der Waals surface area contributed by atoms with Crippen LogP contribution in [0.1, 0.15) is 10.4 Å². The van der Waals surface area contributed by atoms with Gasteiger partial charge in [-0.2, -0.15) is 15.1 Å². The van der Waals surface area contributed by atoms with E-state index < -0.39 is 5.91 Å². The third-order valence-corrected chi connectivity index (χ3v) is 7.08. The monoisotopic (exact) mass is 508 g/mol. The fourth-order valence-electron chi connectivity index (χ4n) is 3.19. The number of benzene rings is 2. The molecule has 0 aliphatic carbocycles. The highest BCUT2D eigenvalue weighted by Gasteiger charge is 2.36. The number of hydrogen-bond donors (Lipinski definition) is 1. The Morgan fingerprint density at radius 2 is 1.82 bits per heavy atom. The molecular formula is C24H17ClN4O3S2. The first-order chi connectivity index (χ1) is 16.6. The van der Waals surface area contributed by atoms with Gasteiger partial charge in [-0.1, -0.05) is 41.9 Å². The van der Waals surface area contributed by atoms with Crippen molar-refractivity contribution in [1.29, 1.82) is 5.41 Å². The second-order valence-corrected chi connectivity index (χ2v) is 9.41. The van der Waals surface area contributed by atoms with Gasteiger partial charge in [0, 0.05) is 0 Å². The van der Waals surface area contributed by atoms with Crippen LogP contribution in [-0.2, 0) is 4.79 Å². The van der Waals surface area contributed by atoms with Crippen LogP contribution >= 0.6 is 34.7 Å². The molecule has 0 fully saturated rings. The van der Waals surface area contributed by atoms with Crippen molar-refractivity contribution < 1.29 is 14.3 Å². The zero-order valence-electron chi connectivity index (χ0n) is 17.6. The second-order valence-electron chi connectivity index (χ2n) is 7.10. The second kappa shape index (κ2) is 9.84. The molecule has 34 heavy (non-hydrogen) atoms. The maximum Gasteiger partial charge on any atom is 0.283 e. The lowest BCUT2D eigenvalue weighted by Crippen LogP contribution is -2.35. The summed E-state index contributed by atoms with van der Waals surface area (Å²) in [6.45, 7) is 0.701. The first-order valence-electron chi connectivity index (χ1n) is 10.2. The molecule has 0 atom stereocenters. The molecule has 0 saturated heterocycles. The Morgan fingerprint density at radius 3 is 2.59 bits per heavy atom. The van der Waals surface area contributed by atoms with Crippen LogP contribution in [0, 0.1) is 5.41 Å². The third kappa shape index (κ3) is 4.77. The molecule has 0 spiro atoms. The van der Waals surface area contributed by atoms with E-state index in [-0.39, 0.29) is 11.4 Å². The van der Waals surface area contributed by atoms with Gasteiger partial charge < -0.3 is 9.47 Å². The first kappa shape index (κ1) is 22.4. The molecule has 5 rings (SSSR count). The van der Waals surface area contributed by atoms with Crippen LogP contribution in [0.15, 0.2) is 81.7 Å². The number of para-hydroxylation sites is 1. The number of nitrogens with zero attached hydrogens (tertiary/aromatic N) is 3. The maximum absolute atomic E-state index is 12.6. The van der Waals surface area contributed by atoms with E-state index in [1.54, 1.807) is 41.7 Å². The molecule has 0 radical (unpaired) electrons. The summed E-state index contributed by atoms with van der Waals surface area (Å²) in [6.07, 6.45) is 1.64. The largest absolute Gasteiger partial charge is 0.490 e. The molecule has 1 aromatic heterocycles. The van der Waals surface area contributed by atoms with Crippen LogP contribution in [0.5, 0.6) is 11.5 Å². The van der Waals surface area contributed by atoms with Gasteiger partial charge in [-0.15, -0.1) is 11.3 Å². The van der Waals surface area contributed by atoms with Crippen molar-refractivity contribution in [1.82, 2.24) is 5.01 Å². The molecular weight excluding hydrogens is 492 g/mol. The van der Waals surface area contributed by atoms with Gasteiger partial charge in [0.1, 0.15) is 29.8 Å². The summed E-state index contributed by atoms with van der Waals surface area (Å²) in [5.74, 6) is 0.828. The molecule has 1 N–H and O–H groups in total. The number of hydrogen-bond acceptors (Lipinski definition) is 7. The molecule has 0 saturated carbocycles. The van der Waals surface area contributed by atoms with Gasteiger partial charge in [-0.05, 0) is 59.1 Å². The van der Waals surface area contributed by atoms with Crippen LogP contribution < -0.4 is 9.47 Å². The van der Waals surface area contributed by atoms with E-state index >= 15 is 0 Å². The molecule has 7 nitrogen and oxygen atoms in total. The zero-order valence-corrected chi connectivity index (χ0v) is 20.0. The molecule has 2 aromatic carbocycles. The minimum atomic E-state index is -0.455. The summed E-state index contributed by atoms with van der Waals surface area (Å²) in [6, 6.07) is 18.4. The summed E-state index contributed by atoms with van der Waals surface area (Å²) in [7, 11) is 0. The van der Waals surface area contributed by atoms with Crippen LogP contribution in [0.3, 0.4) is 0 Å². The van der Waals surface area contributed by atoms with Gasteiger partial charge in [-0.3, -0.25) is 10.2 Å². The lowest BCUT2D eigenvalue weighted by molar-refractivity contribution is -0.114. The molecule has 0 unspecified atom stereocenters. The van der Waals surface area contributed by atoms with Crippen LogP contribution in [-0.4, -0.2) is 40.2 Å². The highest BCUT2D eigenvalue weighted by Crippen LogP contribution is 2.32. The quantitative estimate of drug-likeness (QED) is 0.335. The number of thioether (sulfide) groups is 1.